The van der Waals surface area contributed by atoms with Gasteiger partial charge in [0.2, 0.25) is 5.12 Å². The number of amides is 2. The first kappa shape index (κ1) is 22.2. The number of hydrogen-bond acceptors (Lipinski definition) is 3. The maximum absolute atomic E-state index is 12.8. The number of benzene rings is 1. The Morgan fingerprint density at radius 1 is 1.07 bits per heavy atom. The molecule has 2 amide bonds. The van der Waals surface area contributed by atoms with E-state index in [-0.39, 0.29) is 17.2 Å². The molecule has 0 aromatic heterocycles. The molecule has 1 aromatic carbocycles. The maximum Gasteiger partial charge on any atom is 0.318 e. The van der Waals surface area contributed by atoms with E-state index < -0.39 is 0 Å². The Balaban J connectivity index is 1.45. The largest absolute Gasteiger partial charge is 0.335 e. The van der Waals surface area contributed by atoms with Crippen LogP contribution >= 0.6 is 11.8 Å². The Hall–Kier alpha value is -1.49. The van der Waals surface area contributed by atoms with Crippen LogP contribution < -0.4 is 5.32 Å². The molecule has 2 fully saturated rings. The summed E-state index contributed by atoms with van der Waals surface area (Å²) in [5, 5.41) is 3.34. The predicted molar refractivity (Wildman–Crippen MR) is 122 cm³/mol. The van der Waals surface area contributed by atoms with E-state index in [2.05, 4.69) is 38.2 Å². The molecule has 1 aliphatic carbocycles. The summed E-state index contributed by atoms with van der Waals surface area (Å²) in [5.74, 6) is 0.819. The van der Waals surface area contributed by atoms with Gasteiger partial charge in [-0.3, -0.25) is 4.79 Å². The molecule has 3 rings (SSSR count). The number of carbonyl (C=O) groups is 2. The van der Waals surface area contributed by atoms with Gasteiger partial charge in [-0.15, -0.1) is 0 Å². The van der Waals surface area contributed by atoms with Gasteiger partial charge in [-0.25, -0.2) is 4.79 Å². The maximum atomic E-state index is 12.8. The first-order chi connectivity index (χ1) is 14.0. The van der Waals surface area contributed by atoms with Gasteiger partial charge in [0.05, 0.1) is 0 Å². The Labute approximate surface area is 180 Å². The molecule has 5 heteroatoms. The van der Waals surface area contributed by atoms with Crippen molar-refractivity contribution in [2.45, 2.75) is 90.6 Å². The Morgan fingerprint density at radius 2 is 1.83 bits per heavy atom. The smallest absolute Gasteiger partial charge is 0.318 e. The minimum Gasteiger partial charge on any atom is -0.335 e. The molecular formula is C24H36N2O2S. The van der Waals surface area contributed by atoms with Gasteiger partial charge in [0.1, 0.15) is 6.04 Å². The van der Waals surface area contributed by atoms with Crippen LogP contribution in [-0.2, 0) is 11.2 Å². The summed E-state index contributed by atoms with van der Waals surface area (Å²) in [7, 11) is 0. The van der Waals surface area contributed by atoms with Crippen LogP contribution in [0.25, 0.3) is 0 Å². The molecule has 0 spiro atoms. The zero-order valence-electron chi connectivity index (χ0n) is 18.3. The summed E-state index contributed by atoms with van der Waals surface area (Å²) < 4.78 is 0. The Kier molecular flexibility index (Phi) is 8.05. The molecule has 1 N–H and O–H groups in total. The summed E-state index contributed by atoms with van der Waals surface area (Å²) in [5.41, 5.74) is 5.41. The molecular weight excluding hydrogens is 380 g/mol. The van der Waals surface area contributed by atoms with Crippen molar-refractivity contribution in [3.05, 3.63) is 34.4 Å². The van der Waals surface area contributed by atoms with Gasteiger partial charge in [0, 0.05) is 18.3 Å². The molecule has 1 saturated carbocycles. The van der Waals surface area contributed by atoms with E-state index in [0.29, 0.717) is 12.6 Å². The summed E-state index contributed by atoms with van der Waals surface area (Å²) >= 11 is 1.41. The first-order valence-electron chi connectivity index (χ1n) is 11.3. The predicted octanol–water partition coefficient (Wildman–Crippen LogP) is 5.31. The molecule has 4 nitrogen and oxygen atoms in total. The second-order valence-corrected chi connectivity index (χ2v) is 9.87. The lowest BCUT2D eigenvalue weighted by Crippen LogP contribution is -2.49. The third-order valence-corrected chi connectivity index (χ3v) is 7.52. The van der Waals surface area contributed by atoms with E-state index in [1.165, 1.54) is 53.3 Å². The highest BCUT2D eigenvalue weighted by Gasteiger charge is 2.34. The highest BCUT2D eigenvalue weighted by Crippen LogP contribution is 2.25. The summed E-state index contributed by atoms with van der Waals surface area (Å²) in [6.07, 6.45) is 9.54. The number of urea groups is 1. The third-order valence-electron chi connectivity index (χ3n) is 6.47. The fraction of sp³-hybridized carbons (Fsp3) is 0.667. The van der Waals surface area contributed by atoms with Crippen LogP contribution in [0.5, 0.6) is 0 Å². The third kappa shape index (κ3) is 6.00. The summed E-state index contributed by atoms with van der Waals surface area (Å²) in [6.45, 7) is 7.19. The minimum absolute atomic E-state index is 0.0285. The molecule has 1 heterocycles. The van der Waals surface area contributed by atoms with E-state index in [1.807, 2.05) is 0 Å². The molecule has 160 valence electrons. The van der Waals surface area contributed by atoms with Gasteiger partial charge in [-0.05, 0) is 76.0 Å². The van der Waals surface area contributed by atoms with E-state index >= 15 is 0 Å². The lowest BCUT2D eigenvalue weighted by atomic mass is 9.96. The number of aryl methyl sites for hydroxylation is 3. The second kappa shape index (κ2) is 10.5. The van der Waals surface area contributed by atoms with Crippen molar-refractivity contribution in [2.75, 3.05) is 12.3 Å². The minimum atomic E-state index is -0.244. The Bertz CT molecular complexity index is 728. The van der Waals surface area contributed by atoms with E-state index in [0.717, 1.165) is 44.3 Å². The molecule has 1 atom stereocenters. The quantitative estimate of drug-likeness (QED) is 0.639. The van der Waals surface area contributed by atoms with E-state index in [9.17, 15) is 9.59 Å². The normalized spacial score (nSPS) is 20.1. The summed E-state index contributed by atoms with van der Waals surface area (Å²) in [6, 6.07) is 4.51. The average molecular weight is 417 g/mol. The van der Waals surface area contributed by atoms with Crippen LogP contribution in [0, 0.1) is 20.8 Å². The lowest BCUT2D eigenvalue weighted by Gasteiger charge is -2.28. The van der Waals surface area contributed by atoms with Crippen molar-refractivity contribution in [3.8, 4) is 0 Å². The van der Waals surface area contributed by atoms with Crippen LogP contribution in [0.3, 0.4) is 0 Å². The van der Waals surface area contributed by atoms with Crippen molar-refractivity contribution in [1.29, 1.82) is 0 Å². The highest BCUT2D eigenvalue weighted by molar-refractivity contribution is 8.13. The van der Waals surface area contributed by atoms with Crippen molar-refractivity contribution >= 4 is 22.9 Å². The van der Waals surface area contributed by atoms with Gasteiger partial charge in [-0.1, -0.05) is 48.7 Å². The molecule has 2 aliphatic rings. The number of likely N-dealkylation sites (tertiary alicyclic amines) is 1. The zero-order valence-corrected chi connectivity index (χ0v) is 19.1. The number of nitrogens with one attached hydrogen (secondary N) is 1. The molecule has 0 radical (unpaired) electrons. The fourth-order valence-electron chi connectivity index (χ4n) is 4.68. The molecule has 1 aliphatic heterocycles. The van der Waals surface area contributed by atoms with Gasteiger partial charge < -0.3 is 10.2 Å². The topological polar surface area (TPSA) is 49.4 Å². The number of hydrogen-bond donors (Lipinski definition) is 1. The average Bonchev–Trinajstić information content (AvgIpc) is 3.19. The van der Waals surface area contributed by atoms with Crippen LogP contribution in [-0.4, -0.2) is 40.4 Å². The van der Waals surface area contributed by atoms with Crippen molar-refractivity contribution in [1.82, 2.24) is 10.2 Å². The molecule has 0 bridgehead atoms. The van der Waals surface area contributed by atoms with Crippen molar-refractivity contribution < 1.29 is 9.59 Å². The van der Waals surface area contributed by atoms with Crippen molar-refractivity contribution in [3.63, 3.8) is 0 Å². The number of thioether (sulfide) groups is 1. The number of rotatable bonds is 6. The number of carbonyl (C=O) groups excluding carboxylic acids is 2. The van der Waals surface area contributed by atoms with E-state index in [1.54, 1.807) is 4.90 Å². The standard InChI is InChI=1S/C24H36N2O2S/c1-17-15-18(2)19(3)20(16-17)9-8-14-29-23(27)22-12-7-13-26(22)24(28)25-21-10-5-4-6-11-21/h15-16,21-22H,4-14H2,1-3H3,(H,25,28). The van der Waals surface area contributed by atoms with Crippen LogP contribution in [0.1, 0.15) is 73.6 Å². The molecule has 1 unspecified atom stereocenters. The molecule has 29 heavy (non-hydrogen) atoms. The lowest BCUT2D eigenvalue weighted by molar-refractivity contribution is -0.114. The zero-order chi connectivity index (χ0) is 20.8. The van der Waals surface area contributed by atoms with Crippen LogP contribution in [0.2, 0.25) is 0 Å². The van der Waals surface area contributed by atoms with E-state index in [4.69, 9.17) is 0 Å². The number of nitrogens with zero attached hydrogens (tertiary/aromatic N) is 1. The first-order valence-corrected chi connectivity index (χ1v) is 12.2. The Morgan fingerprint density at radius 3 is 2.59 bits per heavy atom. The molecule has 1 saturated heterocycles. The SMILES string of the molecule is Cc1cc(C)c(C)c(CCCSC(=O)C2CCCN2C(=O)NC2CCCCC2)c1. The van der Waals surface area contributed by atoms with Gasteiger partial charge >= 0.3 is 6.03 Å². The van der Waals surface area contributed by atoms with Gasteiger partial charge in [-0.2, -0.15) is 0 Å². The van der Waals surface area contributed by atoms with Crippen LogP contribution in [0.4, 0.5) is 4.79 Å². The summed E-state index contributed by atoms with van der Waals surface area (Å²) in [4.78, 5) is 27.3. The van der Waals surface area contributed by atoms with Crippen LogP contribution in [0.15, 0.2) is 12.1 Å². The fourth-order valence-corrected chi connectivity index (χ4v) is 5.61. The van der Waals surface area contributed by atoms with Gasteiger partial charge in [0.15, 0.2) is 0 Å². The second-order valence-electron chi connectivity index (χ2n) is 8.77. The van der Waals surface area contributed by atoms with Crippen molar-refractivity contribution in [2.24, 2.45) is 0 Å². The monoisotopic (exact) mass is 416 g/mol. The molecule has 1 aromatic rings. The van der Waals surface area contributed by atoms with Gasteiger partial charge in [0.25, 0.3) is 0 Å². The highest BCUT2D eigenvalue weighted by atomic mass is 32.2.